The Kier molecular flexibility index (Phi) is 6.11. The van der Waals surface area contributed by atoms with Crippen molar-refractivity contribution in [1.29, 1.82) is 0 Å². The molecular formula is C18H19NO3S. The fraction of sp³-hybridized carbons (Fsp3) is 0.222. The molecule has 0 aliphatic heterocycles. The van der Waals surface area contributed by atoms with Crippen molar-refractivity contribution in [2.45, 2.75) is 13.8 Å². The van der Waals surface area contributed by atoms with E-state index in [1.807, 2.05) is 53.8 Å². The lowest BCUT2D eigenvalue weighted by Gasteiger charge is -2.17. The second-order valence-corrected chi connectivity index (χ2v) is 5.56. The minimum atomic E-state index is -0.302. The van der Waals surface area contributed by atoms with Crippen LogP contribution in [0.25, 0.3) is 11.0 Å². The predicted octanol–water partition coefficient (Wildman–Crippen LogP) is 4.02. The second kappa shape index (κ2) is 8.29. The lowest BCUT2D eigenvalue weighted by atomic mass is 10.2. The van der Waals surface area contributed by atoms with Crippen LogP contribution in [0.1, 0.15) is 24.2 Å². The Morgan fingerprint density at radius 3 is 2.48 bits per heavy atom. The van der Waals surface area contributed by atoms with Crippen molar-refractivity contribution < 1.29 is 9.21 Å². The summed E-state index contributed by atoms with van der Waals surface area (Å²) in [6, 6.07) is 12.5. The van der Waals surface area contributed by atoms with Crippen molar-refractivity contribution in [3.63, 3.8) is 0 Å². The number of benzene rings is 1. The van der Waals surface area contributed by atoms with Crippen molar-refractivity contribution in [2.75, 3.05) is 13.1 Å². The van der Waals surface area contributed by atoms with Crippen LogP contribution in [0.15, 0.2) is 62.4 Å². The molecule has 2 heterocycles. The molecule has 0 fully saturated rings. The summed E-state index contributed by atoms with van der Waals surface area (Å²) in [5, 5.41) is 4.77. The molecule has 0 atom stereocenters. The van der Waals surface area contributed by atoms with Gasteiger partial charge in [0.15, 0.2) is 0 Å². The maximum absolute atomic E-state index is 11.6. The summed E-state index contributed by atoms with van der Waals surface area (Å²) in [6.07, 6.45) is 0. The summed E-state index contributed by atoms with van der Waals surface area (Å²) in [4.78, 5) is 24.1. The predicted molar refractivity (Wildman–Crippen MR) is 94.1 cm³/mol. The Morgan fingerprint density at radius 2 is 1.83 bits per heavy atom. The van der Waals surface area contributed by atoms with Crippen LogP contribution in [0.3, 0.4) is 0 Å². The standard InChI is InChI=1S/C9H13NOS.C9H6O2/c1-3-10(4-2)9(11)8-5-6-12-7-8;10-9-6-5-7-3-1-2-4-8(7)11-9/h5-7H,3-4H2,1-2H3;1-6H. The maximum atomic E-state index is 11.6. The number of nitrogens with zero attached hydrogens (tertiary/aromatic N) is 1. The first-order valence-electron chi connectivity index (χ1n) is 7.46. The lowest BCUT2D eigenvalue weighted by molar-refractivity contribution is 0.0773. The second-order valence-electron chi connectivity index (χ2n) is 4.78. The number of rotatable bonds is 3. The summed E-state index contributed by atoms with van der Waals surface area (Å²) in [6.45, 7) is 5.55. The fourth-order valence-electron chi connectivity index (χ4n) is 2.09. The highest BCUT2D eigenvalue weighted by Gasteiger charge is 2.11. The highest BCUT2D eigenvalue weighted by molar-refractivity contribution is 7.08. The van der Waals surface area contributed by atoms with Gasteiger partial charge in [0.1, 0.15) is 5.58 Å². The normalized spacial score (nSPS) is 10.0. The van der Waals surface area contributed by atoms with Crippen molar-refractivity contribution >= 4 is 28.2 Å². The average Bonchev–Trinajstić information content (AvgIpc) is 3.11. The first kappa shape index (κ1) is 17.0. The number of fused-ring (bicyclic) bond motifs is 1. The maximum Gasteiger partial charge on any atom is 0.336 e. The summed E-state index contributed by atoms with van der Waals surface area (Å²) < 4.78 is 4.91. The van der Waals surface area contributed by atoms with E-state index in [0.717, 1.165) is 24.0 Å². The van der Waals surface area contributed by atoms with Gasteiger partial charge in [-0.2, -0.15) is 11.3 Å². The van der Waals surface area contributed by atoms with E-state index < -0.39 is 0 Å². The molecule has 1 aromatic carbocycles. The molecule has 3 rings (SSSR count). The van der Waals surface area contributed by atoms with Crippen molar-refractivity contribution in [3.8, 4) is 0 Å². The third kappa shape index (κ3) is 4.53. The SMILES string of the molecule is CCN(CC)C(=O)c1ccsc1.O=c1ccc2ccccc2o1. The molecule has 5 heteroatoms. The lowest BCUT2D eigenvalue weighted by Crippen LogP contribution is -2.29. The van der Waals surface area contributed by atoms with Crippen LogP contribution >= 0.6 is 11.3 Å². The first-order chi connectivity index (χ1) is 11.2. The number of para-hydroxylation sites is 1. The van der Waals surface area contributed by atoms with E-state index in [1.54, 1.807) is 23.5 Å². The van der Waals surface area contributed by atoms with Gasteiger partial charge in [0, 0.05) is 29.9 Å². The topological polar surface area (TPSA) is 50.5 Å². The fourth-order valence-corrected chi connectivity index (χ4v) is 2.72. The van der Waals surface area contributed by atoms with Gasteiger partial charge in [-0.05, 0) is 37.4 Å². The highest BCUT2D eigenvalue weighted by Crippen LogP contribution is 2.09. The number of carbonyl (C=O) groups is 1. The Labute approximate surface area is 139 Å². The van der Waals surface area contributed by atoms with Crippen LogP contribution in [0, 0.1) is 0 Å². The summed E-state index contributed by atoms with van der Waals surface area (Å²) >= 11 is 1.56. The van der Waals surface area contributed by atoms with Crippen LogP contribution in [-0.4, -0.2) is 23.9 Å². The first-order valence-corrected chi connectivity index (χ1v) is 8.40. The Balaban J connectivity index is 0.000000167. The summed E-state index contributed by atoms with van der Waals surface area (Å²) in [5.74, 6) is 0.140. The monoisotopic (exact) mass is 329 g/mol. The van der Waals surface area contributed by atoms with Gasteiger partial charge < -0.3 is 9.32 Å². The third-order valence-corrected chi connectivity index (χ3v) is 4.03. The van der Waals surface area contributed by atoms with E-state index in [1.165, 1.54) is 6.07 Å². The van der Waals surface area contributed by atoms with E-state index in [4.69, 9.17) is 4.42 Å². The summed E-state index contributed by atoms with van der Waals surface area (Å²) in [7, 11) is 0. The zero-order chi connectivity index (χ0) is 16.7. The number of carbonyl (C=O) groups excluding carboxylic acids is 1. The molecule has 0 bridgehead atoms. The van der Waals surface area contributed by atoms with E-state index in [9.17, 15) is 9.59 Å². The molecule has 0 aliphatic rings. The molecule has 0 radical (unpaired) electrons. The van der Waals surface area contributed by atoms with Crippen LogP contribution in [-0.2, 0) is 0 Å². The van der Waals surface area contributed by atoms with Crippen molar-refractivity contribution in [3.05, 3.63) is 69.2 Å². The highest BCUT2D eigenvalue weighted by atomic mass is 32.1. The Bertz CT molecular complexity index is 804. The number of hydrogen-bond donors (Lipinski definition) is 0. The van der Waals surface area contributed by atoms with Crippen LogP contribution in [0.2, 0.25) is 0 Å². The van der Waals surface area contributed by atoms with E-state index >= 15 is 0 Å². The van der Waals surface area contributed by atoms with Gasteiger partial charge in [-0.25, -0.2) is 4.79 Å². The van der Waals surface area contributed by atoms with Gasteiger partial charge in [0.25, 0.3) is 5.91 Å². The zero-order valence-corrected chi connectivity index (χ0v) is 14.0. The van der Waals surface area contributed by atoms with Gasteiger partial charge in [0.2, 0.25) is 0 Å². The average molecular weight is 329 g/mol. The van der Waals surface area contributed by atoms with Crippen LogP contribution in [0.5, 0.6) is 0 Å². The number of hydrogen-bond acceptors (Lipinski definition) is 4. The van der Waals surface area contributed by atoms with Crippen molar-refractivity contribution in [2.24, 2.45) is 0 Å². The van der Waals surface area contributed by atoms with E-state index in [-0.39, 0.29) is 11.5 Å². The largest absolute Gasteiger partial charge is 0.423 e. The number of thiophene rings is 1. The molecule has 0 aliphatic carbocycles. The Morgan fingerprint density at radius 1 is 1.09 bits per heavy atom. The summed E-state index contributed by atoms with van der Waals surface area (Å²) in [5.41, 5.74) is 1.15. The van der Waals surface area contributed by atoms with Gasteiger partial charge >= 0.3 is 5.63 Å². The molecule has 0 spiro atoms. The Hall–Kier alpha value is -2.40. The van der Waals surface area contributed by atoms with Crippen LogP contribution < -0.4 is 5.63 Å². The molecule has 3 aromatic rings. The number of amides is 1. The molecule has 120 valence electrons. The molecule has 0 saturated carbocycles. The van der Waals surface area contributed by atoms with E-state index in [2.05, 4.69) is 0 Å². The van der Waals surface area contributed by atoms with Gasteiger partial charge in [-0.3, -0.25) is 4.79 Å². The quantitative estimate of drug-likeness (QED) is 0.682. The molecule has 0 saturated heterocycles. The molecule has 2 aromatic heterocycles. The van der Waals surface area contributed by atoms with Gasteiger partial charge in [-0.1, -0.05) is 18.2 Å². The van der Waals surface area contributed by atoms with E-state index in [0.29, 0.717) is 5.58 Å². The van der Waals surface area contributed by atoms with Gasteiger partial charge in [-0.15, -0.1) is 0 Å². The molecule has 1 amide bonds. The molecule has 23 heavy (non-hydrogen) atoms. The van der Waals surface area contributed by atoms with Gasteiger partial charge in [0.05, 0.1) is 5.56 Å². The third-order valence-electron chi connectivity index (χ3n) is 3.35. The smallest absolute Gasteiger partial charge is 0.336 e. The molecule has 0 N–H and O–H groups in total. The minimum absolute atomic E-state index is 0.140. The molecule has 0 unspecified atom stereocenters. The molecular weight excluding hydrogens is 310 g/mol. The minimum Gasteiger partial charge on any atom is -0.423 e. The zero-order valence-electron chi connectivity index (χ0n) is 13.2. The van der Waals surface area contributed by atoms with Crippen molar-refractivity contribution in [1.82, 2.24) is 4.90 Å². The van der Waals surface area contributed by atoms with Crippen LogP contribution in [0.4, 0.5) is 0 Å². The molecule has 4 nitrogen and oxygen atoms in total.